The number of methoxy groups -OCH3 is 1. The Bertz CT molecular complexity index is 631. The van der Waals surface area contributed by atoms with Gasteiger partial charge in [-0.15, -0.1) is 0 Å². The van der Waals surface area contributed by atoms with Crippen LogP contribution in [0.2, 0.25) is 0 Å². The second kappa shape index (κ2) is 6.03. The molecule has 3 rings (SSSR count). The van der Waals surface area contributed by atoms with E-state index in [1.807, 2.05) is 42.5 Å². The highest BCUT2D eigenvalue weighted by molar-refractivity contribution is 5.47. The summed E-state index contributed by atoms with van der Waals surface area (Å²) in [5.41, 5.74) is 4.87. The van der Waals surface area contributed by atoms with Crippen LogP contribution in [0.1, 0.15) is 17.2 Å². The molecule has 110 valence electrons. The van der Waals surface area contributed by atoms with Gasteiger partial charge in [0.05, 0.1) is 13.2 Å². The van der Waals surface area contributed by atoms with E-state index in [9.17, 15) is 0 Å². The highest BCUT2D eigenvalue weighted by Crippen LogP contribution is 2.34. The molecule has 1 heterocycles. The molecule has 0 aliphatic carbocycles. The van der Waals surface area contributed by atoms with E-state index in [1.54, 1.807) is 7.11 Å². The first kappa shape index (κ1) is 13.7. The SMILES string of the molecule is COc1cccc(C(NN)c2ccc3c(c2)OCCO3)c1. The van der Waals surface area contributed by atoms with Gasteiger partial charge in [-0.25, -0.2) is 5.43 Å². The maximum Gasteiger partial charge on any atom is 0.161 e. The Kier molecular flexibility index (Phi) is 3.94. The highest BCUT2D eigenvalue weighted by atomic mass is 16.6. The first-order chi connectivity index (χ1) is 10.3. The fraction of sp³-hybridized carbons (Fsp3) is 0.250. The van der Waals surface area contributed by atoms with Gasteiger partial charge in [-0.2, -0.15) is 0 Å². The van der Waals surface area contributed by atoms with Crippen molar-refractivity contribution in [2.75, 3.05) is 20.3 Å². The molecule has 5 heteroatoms. The van der Waals surface area contributed by atoms with Crippen molar-refractivity contribution in [2.24, 2.45) is 5.84 Å². The first-order valence-electron chi connectivity index (χ1n) is 6.81. The molecular weight excluding hydrogens is 268 g/mol. The Balaban J connectivity index is 1.95. The number of nitrogens with one attached hydrogen (secondary N) is 1. The number of hydrogen-bond donors (Lipinski definition) is 2. The van der Waals surface area contributed by atoms with Crippen molar-refractivity contribution in [1.29, 1.82) is 0 Å². The Morgan fingerprint density at radius 3 is 2.57 bits per heavy atom. The molecule has 3 N–H and O–H groups in total. The summed E-state index contributed by atoms with van der Waals surface area (Å²) in [6.07, 6.45) is 0. The van der Waals surface area contributed by atoms with Crippen molar-refractivity contribution in [3.05, 3.63) is 53.6 Å². The lowest BCUT2D eigenvalue weighted by Gasteiger charge is -2.22. The maximum atomic E-state index is 5.74. The average molecular weight is 286 g/mol. The van der Waals surface area contributed by atoms with Gasteiger partial charge in [-0.05, 0) is 35.4 Å². The molecule has 0 saturated heterocycles. The molecule has 1 aliphatic heterocycles. The molecule has 21 heavy (non-hydrogen) atoms. The number of benzene rings is 2. The van der Waals surface area contributed by atoms with Gasteiger partial charge in [0, 0.05) is 0 Å². The lowest BCUT2D eigenvalue weighted by atomic mass is 9.98. The third kappa shape index (κ3) is 2.79. The molecule has 0 radical (unpaired) electrons. The van der Waals surface area contributed by atoms with Crippen molar-refractivity contribution in [2.45, 2.75) is 6.04 Å². The molecule has 5 nitrogen and oxygen atoms in total. The number of ether oxygens (including phenoxy) is 3. The fourth-order valence-corrected chi connectivity index (χ4v) is 2.45. The quantitative estimate of drug-likeness (QED) is 0.665. The molecule has 0 bridgehead atoms. The number of nitrogens with two attached hydrogens (primary N) is 1. The topological polar surface area (TPSA) is 65.7 Å². The second-order valence-corrected chi connectivity index (χ2v) is 4.78. The van der Waals surface area contributed by atoms with Crippen LogP contribution in [0.3, 0.4) is 0 Å². The maximum absolute atomic E-state index is 5.74. The molecule has 2 aromatic carbocycles. The van der Waals surface area contributed by atoms with Gasteiger partial charge in [0.15, 0.2) is 11.5 Å². The number of rotatable bonds is 4. The summed E-state index contributed by atoms with van der Waals surface area (Å²) >= 11 is 0. The molecule has 1 atom stereocenters. The predicted octanol–water partition coefficient (Wildman–Crippen LogP) is 2.02. The van der Waals surface area contributed by atoms with E-state index < -0.39 is 0 Å². The number of hydrazine groups is 1. The Hall–Kier alpha value is -2.24. The number of hydrogen-bond acceptors (Lipinski definition) is 5. The van der Waals surface area contributed by atoms with Crippen LogP contribution in [0, 0.1) is 0 Å². The predicted molar refractivity (Wildman–Crippen MR) is 79.6 cm³/mol. The van der Waals surface area contributed by atoms with Crippen molar-refractivity contribution in [3.63, 3.8) is 0 Å². The van der Waals surface area contributed by atoms with E-state index in [2.05, 4.69) is 5.43 Å². The third-order valence-corrected chi connectivity index (χ3v) is 3.49. The zero-order chi connectivity index (χ0) is 14.7. The summed E-state index contributed by atoms with van der Waals surface area (Å²) < 4.78 is 16.4. The molecule has 0 amide bonds. The lowest BCUT2D eigenvalue weighted by molar-refractivity contribution is 0.171. The van der Waals surface area contributed by atoms with E-state index in [-0.39, 0.29) is 6.04 Å². The molecule has 0 spiro atoms. The molecule has 1 unspecified atom stereocenters. The van der Waals surface area contributed by atoms with Gasteiger partial charge in [0.25, 0.3) is 0 Å². The van der Waals surface area contributed by atoms with Gasteiger partial charge < -0.3 is 14.2 Å². The van der Waals surface area contributed by atoms with E-state index in [0.29, 0.717) is 13.2 Å². The largest absolute Gasteiger partial charge is 0.497 e. The Labute approximate surface area is 123 Å². The summed E-state index contributed by atoms with van der Waals surface area (Å²) in [5, 5.41) is 0. The standard InChI is InChI=1S/C16H18N2O3/c1-19-13-4-2-3-11(9-13)16(18-17)12-5-6-14-15(10-12)21-8-7-20-14/h2-6,9-10,16,18H,7-8,17H2,1H3. The molecule has 0 fully saturated rings. The fourth-order valence-electron chi connectivity index (χ4n) is 2.45. The summed E-state index contributed by atoms with van der Waals surface area (Å²) in [6, 6.07) is 13.5. The van der Waals surface area contributed by atoms with Gasteiger partial charge >= 0.3 is 0 Å². The van der Waals surface area contributed by atoms with Crippen LogP contribution in [-0.2, 0) is 0 Å². The van der Waals surface area contributed by atoms with Crippen LogP contribution in [0.4, 0.5) is 0 Å². The normalized spacial score (nSPS) is 14.6. The van der Waals surface area contributed by atoms with Crippen molar-refractivity contribution < 1.29 is 14.2 Å². The zero-order valence-electron chi connectivity index (χ0n) is 11.8. The molecule has 1 aliphatic rings. The summed E-state index contributed by atoms with van der Waals surface area (Å²) in [6.45, 7) is 1.15. The Morgan fingerprint density at radius 1 is 1.05 bits per heavy atom. The van der Waals surface area contributed by atoms with Crippen molar-refractivity contribution >= 4 is 0 Å². The summed E-state index contributed by atoms with van der Waals surface area (Å²) in [5.74, 6) is 8.06. The first-order valence-corrected chi connectivity index (χ1v) is 6.81. The van der Waals surface area contributed by atoms with Gasteiger partial charge in [-0.3, -0.25) is 5.84 Å². The van der Waals surface area contributed by atoms with Gasteiger partial charge in [0.1, 0.15) is 19.0 Å². The van der Waals surface area contributed by atoms with E-state index in [1.165, 1.54) is 0 Å². The van der Waals surface area contributed by atoms with Crippen LogP contribution in [0.15, 0.2) is 42.5 Å². The van der Waals surface area contributed by atoms with Crippen molar-refractivity contribution in [3.8, 4) is 17.2 Å². The minimum absolute atomic E-state index is 0.143. The minimum atomic E-state index is -0.143. The van der Waals surface area contributed by atoms with Gasteiger partial charge in [0.2, 0.25) is 0 Å². The number of fused-ring (bicyclic) bond motifs is 1. The molecular formula is C16H18N2O3. The average Bonchev–Trinajstić information content (AvgIpc) is 2.56. The van der Waals surface area contributed by atoms with Gasteiger partial charge in [-0.1, -0.05) is 18.2 Å². The third-order valence-electron chi connectivity index (χ3n) is 3.49. The zero-order valence-corrected chi connectivity index (χ0v) is 11.8. The van der Waals surface area contributed by atoms with E-state index in [4.69, 9.17) is 20.1 Å². The summed E-state index contributed by atoms with van der Waals surface area (Å²) in [7, 11) is 1.65. The molecule has 2 aromatic rings. The molecule has 0 aromatic heterocycles. The minimum Gasteiger partial charge on any atom is -0.497 e. The van der Waals surface area contributed by atoms with E-state index in [0.717, 1.165) is 28.4 Å². The monoisotopic (exact) mass is 286 g/mol. The van der Waals surface area contributed by atoms with E-state index >= 15 is 0 Å². The lowest BCUT2D eigenvalue weighted by Crippen LogP contribution is -2.29. The highest BCUT2D eigenvalue weighted by Gasteiger charge is 2.18. The van der Waals surface area contributed by atoms with Crippen LogP contribution < -0.4 is 25.5 Å². The van der Waals surface area contributed by atoms with Crippen molar-refractivity contribution in [1.82, 2.24) is 5.43 Å². The van der Waals surface area contributed by atoms with Crippen LogP contribution in [0.5, 0.6) is 17.2 Å². The summed E-state index contributed by atoms with van der Waals surface area (Å²) in [4.78, 5) is 0. The molecule has 0 saturated carbocycles. The smallest absolute Gasteiger partial charge is 0.161 e. The van der Waals surface area contributed by atoms with Crippen LogP contribution >= 0.6 is 0 Å². The second-order valence-electron chi connectivity index (χ2n) is 4.78. The Morgan fingerprint density at radius 2 is 1.81 bits per heavy atom. The van der Waals surface area contributed by atoms with Crippen LogP contribution in [-0.4, -0.2) is 20.3 Å². The van der Waals surface area contributed by atoms with Crippen LogP contribution in [0.25, 0.3) is 0 Å².